The van der Waals surface area contributed by atoms with Crippen LogP contribution in [-0.2, 0) is 16.6 Å². The third-order valence-electron chi connectivity index (χ3n) is 10.3. The van der Waals surface area contributed by atoms with E-state index < -0.39 is 6.23 Å². The summed E-state index contributed by atoms with van der Waals surface area (Å²) in [6.07, 6.45) is 8.85. The lowest BCUT2D eigenvalue weighted by atomic mass is 9.85. The van der Waals surface area contributed by atoms with E-state index in [9.17, 15) is 9.90 Å². The Morgan fingerprint density at radius 1 is 1.02 bits per heavy atom. The zero-order chi connectivity index (χ0) is 31.3. The van der Waals surface area contributed by atoms with Gasteiger partial charge in [-0.15, -0.1) is 0 Å². The normalized spacial score (nSPS) is 23.4. The zero-order valence-electron chi connectivity index (χ0n) is 26.2. The molecule has 2 aromatic carbocycles. The molecule has 1 amide bonds. The molecule has 0 radical (unpaired) electrons. The van der Waals surface area contributed by atoms with E-state index in [4.69, 9.17) is 4.74 Å². The molecule has 4 aliphatic heterocycles. The largest absolute Gasteiger partial charge is 0.377 e. The number of nitrogens with one attached hydrogen (secondary N) is 1. The van der Waals surface area contributed by atoms with Crippen molar-refractivity contribution >= 4 is 33.6 Å². The summed E-state index contributed by atoms with van der Waals surface area (Å²) in [5.41, 5.74) is 7.17. The number of aromatic amines is 1. The summed E-state index contributed by atoms with van der Waals surface area (Å²) in [5.74, 6) is 0.930. The standard InChI is InChI=1S/C35H40N8O3/c1-40-23-36-33(39-40)27-4-2-24(3-5-27)25-8-14-42(15-9-25)31(44)21-41-16-12-35(22-41)13-17-43(34(35)45)28-6-7-30-29(20-28)32(38-37-30)26-10-18-46-19-11-26/h2-8,10,20,23,31,44H,9,11-19,21-22H2,1H3,(H,37,38)/t31-,35-/m0/s1. The topological polar surface area (TPSA) is 116 Å². The van der Waals surface area contributed by atoms with E-state index in [0.29, 0.717) is 39.4 Å². The van der Waals surface area contributed by atoms with Crippen molar-refractivity contribution in [3.05, 3.63) is 72.2 Å². The van der Waals surface area contributed by atoms with Gasteiger partial charge in [0.25, 0.3) is 0 Å². The second kappa shape index (κ2) is 11.9. The van der Waals surface area contributed by atoms with Crippen LogP contribution in [-0.4, -0.2) is 104 Å². The molecule has 4 aromatic rings. The summed E-state index contributed by atoms with van der Waals surface area (Å²) in [5, 5.41) is 24.4. The molecule has 2 N–H and O–H groups in total. The monoisotopic (exact) mass is 620 g/mol. The van der Waals surface area contributed by atoms with Crippen LogP contribution in [0.3, 0.4) is 0 Å². The highest BCUT2D eigenvalue weighted by Gasteiger charge is 2.51. The van der Waals surface area contributed by atoms with Crippen LogP contribution in [0, 0.1) is 5.41 Å². The van der Waals surface area contributed by atoms with Gasteiger partial charge >= 0.3 is 0 Å². The molecule has 0 saturated carbocycles. The van der Waals surface area contributed by atoms with Gasteiger partial charge < -0.3 is 14.7 Å². The van der Waals surface area contributed by atoms with Crippen LogP contribution in [0.15, 0.2) is 60.9 Å². The predicted octanol–water partition coefficient (Wildman–Crippen LogP) is 3.70. The molecule has 11 heteroatoms. The highest BCUT2D eigenvalue weighted by Crippen LogP contribution is 2.43. The van der Waals surface area contributed by atoms with Gasteiger partial charge in [-0.1, -0.05) is 36.4 Å². The minimum atomic E-state index is -0.570. The number of carbonyl (C=O) groups excluding carboxylic acids is 1. The number of rotatable bonds is 7. The molecule has 1 spiro atoms. The lowest BCUT2D eigenvalue weighted by Crippen LogP contribution is -2.46. The first kappa shape index (κ1) is 29.3. The van der Waals surface area contributed by atoms with Crippen LogP contribution >= 0.6 is 0 Å². The van der Waals surface area contributed by atoms with Crippen LogP contribution in [0.2, 0.25) is 0 Å². The van der Waals surface area contributed by atoms with E-state index in [1.165, 1.54) is 16.7 Å². The number of H-pyrrole nitrogens is 1. The van der Waals surface area contributed by atoms with Crippen molar-refractivity contribution < 1.29 is 14.6 Å². The van der Waals surface area contributed by atoms with E-state index >= 15 is 0 Å². The SMILES string of the molecule is Cn1cnc(-c2ccc(C3=CCN([C@@H](O)CN4CC[C@]5(CCN(c6ccc7[nH]nc(C8=CCOCC8)c7c6)C5=O)C4)CC3)cc2)n1. The first-order valence-electron chi connectivity index (χ1n) is 16.3. The molecule has 2 atom stereocenters. The van der Waals surface area contributed by atoms with Crippen LogP contribution in [0.4, 0.5) is 5.69 Å². The molecular formula is C35H40N8O3. The summed E-state index contributed by atoms with van der Waals surface area (Å²) < 4.78 is 7.20. The summed E-state index contributed by atoms with van der Waals surface area (Å²) in [6.45, 7) is 5.59. The molecule has 0 unspecified atom stereocenters. The lowest BCUT2D eigenvalue weighted by molar-refractivity contribution is -0.125. The number of aliphatic hydroxyl groups is 1. The number of likely N-dealkylation sites (tertiary alicyclic amines) is 1. The predicted molar refractivity (Wildman–Crippen MR) is 177 cm³/mol. The van der Waals surface area contributed by atoms with Crippen LogP contribution in [0.5, 0.6) is 0 Å². The Bertz CT molecular complexity index is 1820. The van der Waals surface area contributed by atoms with E-state index in [2.05, 4.69) is 72.6 Å². The third-order valence-corrected chi connectivity index (χ3v) is 10.3. The molecular weight excluding hydrogens is 580 g/mol. The van der Waals surface area contributed by atoms with Crippen molar-refractivity contribution in [2.75, 3.05) is 57.4 Å². The maximum Gasteiger partial charge on any atom is 0.234 e. The van der Waals surface area contributed by atoms with Gasteiger partial charge in [0.1, 0.15) is 12.6 Å². The van der Waals surface area contributed by atoms with Crippen LogP contribution < -0.4 is 4.90 Å². The molecule has 2 saturated heterocycles. The number of hydrogen-bond acceptors (Lipinski definition) is 8. The molecule has 2 aromatic heterocycles. The van der Waals surface area contributed by atoms with Gasteiger partial charge in [-0.3, -0.25) is 24.4 Å². The Hall–Kier alpha value is -4.16. The van der Waals surface area contributed by atoms with Crippen LogP contribution in [0.25, 0.3) is 33.4 Å². The minimum absolute atomic E-state index is 0.203. The van der Waals surface area contributed by atoms with Crippen molar-refractivity contribution in [3.8, 4) is 11.4 Å². The summed E-state index contributed by atoms with van der Waals surface area (Å²) in [7, 11) is 1.87. The first-order chi connectivity index (χ1) is 22.5. The van der Waals surface area contributed by atoms with Crippen molar-refractivity contribution in [1.29, 1.82) is 0 Å². The van der Waals surface area contributed by atoms with Crippen molar-refractivity contribution in [2.45, 2.75) is 31.9 Å². The highest BCUT2D eigenvalue weighted by atomic mass is 16.5. The number of benzene rings is 2. The maximum atomic E-state index is 14.0. The van der Waals surface area contributed by atoms with Gasteiger partial charge in [-0.05, 0) is 67.1 Å². The third kappa shape index (κ3) is 5.37. The van der Waals surface area contributed by atoms with Gasteiger partial charge in [-0.2, -0.15) is 10.2 Å². The number of aryl methyl sites for hydroxylation is 1. The summed E-state index contributed by atoms with van der Waals surface area (Å²) >= 11 is 0. The number of aliphatic hydroxyl groups excluding tert-OH is 1. The summed E-state index contributed by atoms with van der Waals surface area (Å²) in [6, 6.07) is 14.6. The van der Waals surface area contributed by atoms with Crippen molar-refractivity contribution in [3.63, 3.8) is 0 Å². The zero-order valence-corrected chi connectivity index (χ0v) is 26.2. The van der Waals surface area contributed by atoms with Crippen LogP contribution in [0.1, 0.15) is 36.9 Å². The fourth-order valence-electron chi connectivity index (χ4n) is 7.59. The van der Waals surface area contributed by atoms with Gasteiger partial charge in [0.15, 0.2) is 5.82 Å². The number of aromatic nitrogens is 5. The van der Waals surface area contributed by atoms with E-state index in [-0.39, 0.29) is 11.3 Å². The number of hydrogen-bond donors (Lipinski definition) is 2. The molecule has 8 rings (SSSR count). The minimum Gasteiger partial charge on any atom is -0.377 e. The molecule has 11 nitrogen and oxygen atoms in total. The van der Waals surface area contributed by atoms with E-state index in [0.717, 1.165) is 72.4 Å². The first-order valence-corrected chi connectivity index (χ1v) is 16.3. The number of anilines is 1. The molecule has 2 fully saturated rings. The second-order valence-corrected chi connectivity index (χ2v) is 13.1. The molecule has 4 aliphatic rings. The van der Waals surface area contributed by atoms with Crippen molar-refractivity contribution in [1.82, 2.24) is 34.8 Å². The average Bonchev–Trinajstić information content (AvgIpc) is 3.89. The van der Waals surface area contributed by atoms with Crippen molar-refractivity contribution in [2.24, 2.45) is 12.5 Å². The Morgan fingerprint density at radius 2 is 1.87 bits per heavy atom. The van der Waals surface area contributed by atoms with E-state index in [1.54, 1.807) is 11.0 Å². The summed E-state index contributed by atoms with van der Waals surface area (Å²) in [4.78, 5) is 24.7. The molecule has 0 bridgehead atoms. The van der Waals surface area contributed by atoms with Gasteiger partial charge in [0.2, 0.25) is 5.91 Å². The number of nitrogens with zero attached hydrogens (tertiary/aromatic N) is 7. The Morgan fingerprint density at radius 3 is 2.63 bits per heavy atom. The Kier molecular flexibility index (Phi) is 7.56. The maximum absolute atomic E-state index is 14.0. The number of ether oxygens (including phenoxy) is 1. The van der Waals surface area contributed by atoms with E-state index in [1.807, 2.05) is 24.1 Å². The Balaban J connectivity index is 0.886. The van der Waals surface area contributed by atoms with Gasteiger partial charge in [0.05, 0.1) is 29.8 Å². The average molecular weight is 621 g/mol. The number of carbonyl (C=O) groups is 1. The number of β-amino-alcohol motifs (C(OH)–C–C–N with tert-alkyl or cyclic N) is 1. The van der Waals surface area contributed by atoms with Gasteiger partial charge in [0, 0.05) is 56.4 Å². The molecule has 0 aliphatic carbocycles. The smallest absolute Gasteiger partial charge is 0.234 e. The van der Waals surface area contributed by atoms with Gasteiger partial charge in [-0.25, -0.2) is 4.98 Å². The molecule has 238 valence electrons. The highest BCUT2D eigenvalue weighted by molar-refractivity contribution is 6.02. The molecule has 6 heterocycles. The number of fused-ring (bicyclic) bond motifs is 1. The fourth-order valence-corrected chi connectivity index (χ4v) is 7.59. The fraction of sp³-hybridized carbons (Fsp3) is 0.429. The number of amides is 1. The second-order valence-electron chi connectivity index (χ2n) is 13.1. The molecule has 46 heavy (non-hydrogen) atoms. The quantitative estimate of drug-likeness (QED) is 0.322. The Labute approximate surface area is 268 Å². The lowest BCUT2D eigenvalue weighted by Gasteiger charge is -2.33.